The molecule has 0 aliphatic carbocycles. The summed E-state index contributed by atoms with van der Waals surface area (Å²) in [4.78, 5) is 29.3. The van der Waals surface area contributed by atoms with Crippen molar-refractivity contribution in [2.75, 3.05) is 6.61 Å². The minimum Gasteiger partial charge on any atom is -0.389 e. The van der Waals surface area contributed by atoms with Crippen LogP contribution in [0.25, 0.3) is 5.57 Å². The summed E-state index contributed by atoms with van der Waals surface area (Å²) in [6, 6.07) is 7.29. The van der Waals surface area contributed by atoms with E-state index in [1.807, 2.05) is 25.3 Å². The maximum absolute atomic E-state index is 14.2. The summed E-state index contributed by atoms with van der Waals surface area (Å²) < 4.78 is 28.4. The lowest BCUT2D eigenvalue weighted by Crippen LogP contribution is -2.34. The summed E-state index contributed by atoms with van der Waals surface area (Å²) >= 11 is 0. The average molecular weight is 723 g/mol. The highest BCUT2D eigenvalue weighted by atomic mass is 19.3. The van der Waals surface area contributed by atoms with E-state index in [4.69, 9.17) is 10.8 Å². The van der Waals surface area contributed by atoms with E-state index in [1.165, 1.54) is 19.1 Å². The predicted octanol–water partition coefficient (Wildman–Crippen LogP) is 10.3. The monoisotopic (exact) mass is 722 g/mol. The van der Waals surface area contributed by atoms with Crippen LogP contribution in [0, 0.1) is 23.7 Å². The molecule has 1 aromatic rings. The molecule has 0 aromatic heterocycles. The highest BCUT2D eigenvalue weighted by molar-refractivity contribution is 6.05. The van der Waals surface area contributed by atoms with Crippen LogP contribution in [0.3, 0.4) is 0 Å². The Morgan fingerprint density at radius 3 is 2.13 bits per heavy atom. The van der Waals surface area contributed by atoms with Crippen molar-refractivity contribution in [2.24, 2.45) is 34.4 Å². The van der Waals surface area contributed by atoms with Crippen LogP contribution in [0.15, 0.2) is 95.7 Å². The van der Waals surface area contributed by atoms with Gasteiger partial charge in [-0.1, -0.05) is 105 Å². The number of amides is 1. The van der Waals surface area contributed by atoms with E-state index in [9.17, 15) is 18.4 Å². The number of nitrogens with zero attached hydrogens (tertiary/aromatic N) is 2. The number of hydrogen-bond donors (Lipinski definition) is 3. The number of unbranched alkanes of at least 4 members (excludes halogenated alkanes) is 1. The predicted molar refractivity (Wildman–Crippen MR) is 213 cm³/mol. The molecule has 0 radical (unpaired) electrons. The van der Waals surface area contributed by atoms with Gasteiger partial charge in [-0.05, 0) is 85.6 Å². The average Bonchev–Trinajstić information content (AvgIpc) is 3.09. The molecule has 0 saturated carbocycles. The number of carbonyl (C=O) groups is 2. The Bertz CT molecular complexity index is 1500. The molecule has 1 aliphatic rings. The van der Waals surface area contributed by atoms with Gasteiger partial charge in [0.25, 0.3) is 11.8 Å². The zero-order valence-corrected chi connectivity index (χ0v) is 33.1. The van der Waals surface area contributed by atoms with E-state index >= 15 is 0 Å². The number of halogens is 2. The Morgan fingerprint density at radius 1 is 1.04 bits per heavy atom. The molecular formula is C43H64F2N4O3. The minimum absolute atomic E-state index is 0.0932. The second-order valence-corrected chi connectivity index (χ2v) is 14.3. The number of benzene rings is 1. The van der Waals surface area contributed by atoms with Crippen LogP contribution in [-0.2, 0) is 4.79 Å². The molecule has 4 N–H and O–H groups in total. The van der Waals surface area contributed by atoms with E-state index < -0.39 is 11.8 Å². The van der Waals surface area contributed by atoms with Crippen molar-refractivity contribution in [3.63, 3.8) is 0 Å². The van der Waals surface area contributed by atoms with Crippen molar-refractivity contribution in [2.45, 2.75) is 113 Å². The van der Waals surface area contributed by atoms with Gasteiger partial charge in [0, 0.05) is 41.9 Å². The number of amidine groups is 1. The second-order valence-electron chi connectivity index (χ2n) is 14.3. The zero-order chi connectivity index (χ0) is 39.6. The maximum Gasteiger partial charge on any atom is 0.270 e. The number of nitrogens with one attached hydrogen (secondary N) is 1. The van der Waals surface area contributed by atoms with Crippen LogP contribution in [0.4, 0.5) is 8.78 Å². The number of aliphatic imine (C=N–C) groups is 1. The first-order valence-electron chi connectivity index (χ1n) is 18.6. The molecule has 0 bridgehead atoms. The van der Waals surface area contributed by atoms with Crippen LogP contribution in [0.5, 0.6) is 0 Å². The summed E-state index contributed by atoms with van der Waals surface area (Å²) in [6.45, 7) is 25.6. The van der Waals surface area contributed by atoms with Crippen molar-refractivity contribution >= 4 is 23.1 Å². The van der Waals surface area contributed by atoms with Crippen molar-refractivity contribution < 1.29 is 23.5 Å². The third kappa shape index (κ3) is 15.2. The minimum atomic E-state index is -3.07. The van der Waals surface area contributed by atoms with Crippen molar-refractivity contribution in [3.05, 3.63) is 102 Å². The SMILES string of the molecule is C=C(/C=C(\C=C/CCC)C(C)(F)F)NC(=O)c1ccc(/C(=C2\C(N)=NC=CN2C(=C)C(CCC(C)C)CC(C)CC)C(C)CC)cc1.CC(=O)CO. The number of aliphatic hydroxyl groups is 1. The lowest BCUT2D eigenvalue weighted by Gasteiger charge is -2.36. The van der Waals surface area contributed by atoms with Crippen LogP contribution >= 0.6 is 0 Å². The summed E-state index contributed by atoms with van der Waals surface area (Å²) in [5.74, 6) is -1.68. The van der Waals surface area contributed by atoms with E-state index in [-0.39, 0.29) is 29.6 Å². The van der Waals surface area contributed by atoms with Gasteiger partial charge >= 0.3 is 0 Å². The van der Waals surface area contributed by atoms with Crippen LogP contribution < -0.4 is 11.1 Å². The van der Waals surface area contributed by atoms with E-state index in [1.54, 1.807) is 24.4 Å². The number of allylic oxidation sites excluding steroid dienone is 6. The fourth-order valence-corrected chi connectivity index (χ4v) is 5.55. The number of rotatable bonds is 19. The molecule has 1 aromatic carbocycles. The Kier molecular flexibility index (Phi) is 20.1. The summed E-state index contributed by atoms with van der Waals surface area (Å²) in [6.07, 6.45) is 14.7. The Balaban J connectivity index is 0.00000252. The van der Waals surface area contributed by atoms with Crippen molar-refractivity contribution in [1.82, 2.24) is 10.2 Å². The highest BCUT2D eigenvalue weighted by Crippen LogP contribution is 2.38. The smallest absolute Gasteiger partial charge is 0.270 e. The fourth-order valence-electron chi connectivity index (χ4n) is 5.55. The molecule has 288 valence electrons. The zero-order valence-electron chi connectivity index (χ0n) is 33.1. The second kappa shape index (κ2) is 22.7. The molecule has 1 amide bonds. The molecule has 52 heavy (non-hydrogen) atoms. The topological polar surface area (TPSA) is 108 Å². The van der Waals surface area contributed by atoms with Crippen molar-refractivity contribution in [3.8, 4) is 0 Å². The molecule has 3 unspecified atom stereocenters. The quantitative estimate of drug-likeness (QED) is 0.123. The molecular weight excluding hydrogens is 658 g/mol. The van der Waals surface area contributed by atoms with E-state index in [2.05, 4.69) is 69.9 Å². The molecule has 0 saturated heterocycles. The third-order valence-electron chi connectivity index (χ3n) is 9.07. The Hall–Kier alpha value is -4.11. The fraction of sp³-hybridized carbons (Fsp3) is 0.512. The molecule has 2 rings (SSSR count). The Labute approximate surface area is 312 Å². The first kappa shape index (κ1) is 45.9. The molecule has 0 spiro atoms. The first-order chi connectivity index (χ1) is 24.4. The number of carbonyl (C=O) groups excluding carboxylic acids is 2. The number of ketones is 1. The molecule has 7 nitrogen and oxygen atoms in total. The van der Waals surface area contributed by atoms with Gasteiger partial charge < -0.3 is 21.1 Å². The van der Waals surface area contributed by atoms with Gasteiger partial charge in [0.15, 0.2) is 5.78 Å². The molecule has 1 heterocycles. The number of Topliss-reactive ketones (excluding diaryl/α,β-unsaturated/α-hetero) is 1. The summed E-state index contributed by atoms with van der Waals surface area (Å²) in [7, 11) is 0. The molecule has 9 heteroatoms. The molecule has 1 aliphatic heterocycles. The van der Waals surface area contributed by atoms with Gasteiger partial charge in [-0.2, -0.15) is 0 Å². The maximum atomic E-state index is 14.2. The van der Waals surface area contributed by atoms with Gasteiger partial charge in [-0.15, -0.1) is 0 Å². The van der Waals surface area contributed by atoms with Crippen molar-refractivity contribution in [1.29, 1.82) is 0 Å². The standard InChI is InChI=1S/C40H58F2N4O.C3H6O2/c1-11-14-15-16-35(40(10,41)42)26-30(8)45-39(47)33-21-19-32(20-22-33)36(29(7)13-3)37-38(43)44-23-24-46(37)31(9)34(18-17-27(4)5)25-28(6)12-2;1-3(5)2-4/h15-16,19-24,26-29,34H,8-9,11-14,17-18,25H2,1-7,10H3,(H2,43,44)(H,45,47);4H,2H2,1H3/b16-15-,35-26+,37-36+;. The first-order valence-corrected chi connectivity index (χ1v) is 18.6. The number of alkyl halides is 2. The number of aliphatic hydroxyl groups excluding tert-OH is 1. The van der Waals surface area contributed by atoms with Crippen LogP contribution in [-0.4, -0.2) is 40.1 Å². The van der Waals surface area contributed by atoms with E-state index in [0.29, 0.717) is 35.6 Å². The number of hydrogen-bond acceptors (Lipinski definition) is 6. The summed E-state index contributed by atoms with van der Waals surface area (Å²) in [5, 5.41) is 10.5. The Morgan fingerprint density at radius 2 is 1.63 bits per heavy atom. The summed E-state index contributed by atoms with van der Waals surface area (Å²) in [5.41, 5.74) is 10.7. The van der Waals surface area contributed by atoms with Gasteiger partial charge in [0.2, 0.25) is 0 Å². The van der Waals surface area contributed by atoms with Gasteiger partial charge in [-0.25, -0.2) is 13.8 Å². The van der Waals surface area contributed by atoms with Crippen LogP contribution in [0.2, 0.25) is 0 Å². The highest BCUT2D eigenvalue weighted by Gasteiger charge is 2.29. The van der Waals surface area contributed by atoms with Gasteiger partial charge in [0.1, 0.15) is 12.4 Å². The van der Waals surface area contributed by atoms with Gasteiger partial charge in [-0.3, -0.25) is 9.59 Å². The van der Waals surface area contributed by atoms with Crippen LogP contribution in [0.1, 0.15) is 123 Å². The third-order valence-corrected chi connectivity index (χ3v) is 9.07. The lowest BCUT2D eigenvalue weighted by atomic mass is 9.85. The normalized spacial score (nSPS) is 16.1. The van der Waals surface area contributed by atoms with Gasteiger partial charge in [0.05, 0.1) is 5.70 Å². The molecule has 3 atom stereocenters. The van der Waals surface area contributed by atoms with E-state index in [0.717, 1.165) is 68.0 Å². The molecule has 0 fully saturated rings. The lowest BCUT2D eigenvalue weighted by molar-refractivity contribution is -0.119. The number of nitrogens with two attached hydrogens (primary N) is 1. The largest absolute Gasteiger partial charge is 0.389 e.